The lowest BCUT2D eigenvalue weighted by Crippen LogP contribution is -2.51. The van der Waals surface area contributed by atoms with E-state index in [2.05, 4.69) is 5.32 Å². The molecule has 136 valence electrons. The van der Waals surface area contributed by atoms with Crippen molar-refractivity contribution in [2.45, 2.75) is 31.8 Å². The number of fused-ring (bicyclic) bond motifs is 1. The summed E-state index contributed by atoms with van der Waals surface area (Å²) in [6, 6.07) is 6.75. The van der Waals surface area contributed by atoms with Crippen molar-refractivity contribution in [2.75, 3.05) is 13.3 Å². The molecule has 1 aromatic heterocycles. The summed E-state index contributed by atoms with van der Waals surface area (Å²) in [5.74, 6) is 1.09. The predicted molar refractivity (Wildman–Crippen MR) is 91.8 cm³/mol. The third-order valence-corrected chi connectivity index (χ3v) is 4.74. The van der Waals surface area contributed by atoms with Crippen LogP contribution in [0, 0.1) is 0 Å². The average Bonchev–Trinajstić information content (AvgIpc) is 3.36. The molecule has 0 saturated carbocycles. The molecule has 1 atom stereocenters. The topological polar surface area (TPSA) is 81.0 Å². The first-order chi connectivity index (χ1) is 12.7. The Bertz CT molecular complexity index is 802. The maximum Gasteiger partial charge on any atom is 0.257 e. The van der Waals surface area contributed by atoms with Crippen LogP contribution < -0.4 is 14.8 Å². The minimum absolute atomic E-state index is 0.140. The first-order valence-corrected chi connectivity index (χ1v) is 8.72. The van der Waals surface area contributed by atoms with E-state index in [0.717, 1.165) is 18.4 Å². The number of nitrogens with zero attached hydrogens (tertiary/aromatic N) is 1. The molecular formula is C19H20N2O5. The predicted octanol–water partition coefficient (Wildman–Crippen LogP) is 2.32. The van der Waals surface area contributed by atoms with Crippen LogP contribution in [0.15, 0.2) is 41.2 Å². The van der Waals surface area contributed by atoms with Gasteiger partial charge in [-0.15, -0.1) is 0 Å². The van der Waals surface area contributed by atoms with Gasteiger partial charge in [-0.3, -0.25) is 9.59 Å². The number of furan rings is 1. The Morgan fingerprint density at radius 2 is 2.04 bits per heavy atom. The van der Waals surface area contributed by atoms with Crippen LogP contribution in [0.4, 0.5) is 0 Å². The number of hydrogen-bond donors (Lipinski definition) is 1. The van der Waals surface area contributed by atoms with Crippen LogP contribution in [0.3, 0.4) is 0 Å². The van der Waals surface area contributed by atoms with Gasteiger partial charge in [-0.05, 0) is 43.0 Å². The molecule has 2 aromatic rings. The zero-order chi connectivity index (χ0) is 17.9. The Hall–Kier alpha value is -2.96. The summed E-state index contributed by atoms with van der Waals surface area (Å²) >= 11 is 0. The summed E-state index contributed by atoms with van der Waals surface area (Å²) in [5, 5.41) is 2.94. The first-order valence-electron chi connectivity index (χ1n) is 8.72. The van der Waals surface area contributed by atoms with E-state index in [-0.39, 0.29) is 18.6 Å². The fourth-order valence-corrected chi connectivity index (χ4v) is 3.36. The molecule has 2 amide bonds. The minimum atomic E-state index is -0.458. The van der Waals surface area contributed by atoms with Crippen LogP contribution >= 0.6 is 0 Å². The van der Waals surface area contributed by atoms with Gasteiger partial charge in [-0.1, -0.05) is 6.07 Å². The van der Waals surface area contributed by atoms with Crippen molar-refractivity contribution in [2.24, 2.45) is 0 Å². The van der Waals surface area contributed by atoms with Gasteiger partial charge in [-0.25, -0.2) is 0 Å². The number of nitrogens with one attached hydrogen (secondary N) is 1. The second-order valence-electron chi connectivity index (χ2n) is 6.43. The second kappa shape index (κ2) is 7.11. The van der Waals surface area contributed by atoms with Crippen LogP contribution in [-0.4, -0.2) is 36.1 Å². The largest absolute Gasteiger partial charge is 0.472 e. The lowest BCUT2D eigenvalue weighted by Gasteiger charge is -2.34. The van der Waals surface area contributed by atoms with Crippen molar-refractivity contribution in [1.29, 1.82) is 0 Å². The Morgan fingerprint density at radius 3 is 2.88 bits per heavy atom. The number of rotatable bonds is 4. The standard InChI is InChI=1S/C19H20N2O5/c22-18(20-10-13-4-5-16-17(9-13)26-12-25-16)15-3-1-2-7-21(15)19(23)14-6-8-24-11-14/h4-6,8-9,11,15H,1-3,7,10,12H2,(H,20,22)/t15-/m1/s1. The maximum atomic E-state index is 12.7. The molecule has 7 nitrogen and oxygen atoms in total. The number of hydrogen-bond acceptors (Lipinski definition) is 5. The SMILES string of the molecule is O=C(NCc1ccc2c(c1)OCO2)[C@H]1CCCCN1C(=O)c1ccoc1. The van der Waals surface area contributed by atoms with E-state index in [9.17, 15) is 9.59 Å². The van der Waals surface area contributed by atoms with Crippen molar-refractivity contribution in [3.05, 3.63) is 47.9 Å². The quantitative estimate of drug-likeness (QED) is 0.909. The molecule has 0 bridgehead atoms. The molecule has 0 spiro atoms. The fraction of sp³-hybridized carbons (Fsp3) is 0.368. The van der Waals surface area contributed by atoms with Crippen molar-refractivity contribution < 1.29 is 23.5 Å². The zero-order valence-electron chi connectivity index (χ0n) is 14.3. The van der Waals surface area contributed by atoms with Crippen molar-refractivity contribution in [3.8, 4) is 11.5 Å². The average molecular weight is 356 g/mol. The van der Waals surface area contributed by atoms with Gasteiger partial charge in [0, 0.05) is 13.1 Å². The van der Waals surface area contributed by atoms with Gasteiger partial charge in [0.05, 0.1) is 11.8 Å². The summed E-state index contributed by atoms with van der Waals surface area (Å²) in [5.41, 5.74) is 1.39. The highest BCUT2D eigenvalue weighted by Crippen LogP contribution is 2.32. The Balaban J connectivity index is 1.41. The molecule has 1 saturated heterocycles. The smallest absolute Gasteiger partial charge is 0.257 e. The molecule has 4 rings (SSSR count). The zero-order valence-corrected chi connectivity index (χ0v) is 14.3. The molecule has 2 aliphatic rings. The molecule has 1 aromatic carbocycles. The first kappa shape index (κ1) is 16.5. The van der Waals surface area contributed by atoms with E-state index in [1.165, 1.54) is 12.5 Å². The summed E-state index contributed by atoms with van der Waals surface area (Å²) in [7, 11) is 0. The number of carbonyl (C=O) groups is 2. The van der Waals surface area contributed by atoms with Gasteiger partial charge in [0.2, 0.25) is 12.7 Å². The van der Waals surface area contributed by atoms with Crippen molar-refractivity contribution >= 4 is 11.8 Å². The molecular weight excluding hydrogens is 336 g/mol. The lowest BCUT2D eigenvalue weighted by atomic mass is 10.0. The van der Waals surface area contributed by atoms with Crippen LogP contribution in [0.2, 0.25) is 0 Å². The molecule has 26 heavy (non-hydrogen) atoms. The molecule has 0 radical (unpaired) electrons. The number of amides is 2. The molecule has 1 N–H and O–H groups in total. The minimum Gasteiger partial charge on any atom is -0.472 e. The number of piperidine rings is 1. The monoisotopic (exact) mass is 356 g/mol. The number of carbonyl (C=O) groups excluding carboxylic acids is 2. The molecule has 3 heterocycles. The molecule has 0 aliphatic carbocycles. The molecule has 2 aliphatic heterocycles. The van der Waals surface area contributed by atoms with Crippen LogP contribution in [0.1, 0.15) is 35.2 Å². The van der Waals surface area contributed by atoms with Gasteiger partial charge in [0.1, 0.15) is 12.3 Å². The number of benzene rings is 1. The Kier molecular flexibility index (Phi) is 4.51. The highest BCUT2D eigenvalue weighted by atomic mass is 16.7. The van der Waals surface area contributed by atoms with Gasteiger partial charge in [-0.2, -0.15) is 0 Å². The second-order valence-corrected chi connectivity index (χ2v) is 6.43. The van der Waals surface area contributed by atoms with E-state index < -0.39 is 6.04 Å². The van der Waals surface area contributed by atoms with Crippen LogP contribution in [-0.2, 0) is 11.3 Å². The van der Waals surface area contributed by atoms with Crippen LogP contribution in [0.5, 0.6) is 11.5 Å². The van der Waals surface area contributed by atoms with E-state index in [1.54, 1.807) is 11.0 Å². The highest BCUT2D eigenvalue weighted by Gasteiger charge is 2.32. The van der Waals surface area contributed by atoms with E-state index in [0.29, 0.717) is 36.6 Å². The fourth-order valence-electron chi connectivity index (χ4n) is 3.36. The summed E-state index contributed by atoms with van der Waals surface area (Å²) in [6.45, 7) is 1.17. The lowest BCUT2D eigenvalue weighted by molar-refractivity contribution is -0.126. The molecule has 7 heteroatoms. The Morgan fingerprint density at radius 1 is 1.15 bits per heavy atom. The summed E-state index contributed by atoms with van der Waals surface area (Å²) < 4.78 is 15.6. The highest BCUT2D eigenvalue weighted by molar-refractivity contribution is 5.97. The molecule has 0 unspecified atom stereocenters. The summed E-state index contributed by atoms with van der Waals surface area (Å²) in [6.07, 6.45) is 5.37. The van der Waals surface area contributed by atoms with Gasteiger partial charge < -0.3 is 24.1 Å². The third-order valence-electron chi connectivity index (χ3n) is 4.74. The maximum absolute atomic E-state index is 12.7. The number of ether oxygens (including phenoxy) is 2. The van der Waals surface area contributed by atoms with Crippen molar-refractivity contribution in [1.82, 2.24) is 10.2 Å². The third kappa shape index (κ3) is 3.24. The van der Waals surface area contributed by atoms with Crippen molar-refractivity contribution in [3.63, 3.8) is 0 Å². The normalized spacial score (nSPS) is 18.6. The van der Waals surface area contributed by atoms with E-state index in [1.807, 2.05) is 18.2 Å². The Labute approximate surface area is 150 Å². The van der Waals surface area contributed by atoms with Gasteiger partial charge in [0.25, 0.3) is 5.91 Å². The van der Waals surface area contributed by atoms with E-state index in [4.69, 9.17) is 13.9 Å². The summed E-state index contributed by atoms with van der Waals surface area (Å²) in [4.78, 5) is 27.0. The number of likely N-dealkylation sites (tertiary alicyclic amines) is 1. The van der Waals surface area contributed by atoms with Gasteiger partial charge >= 0.3 is 0 Å². The molecule has 1 fully saturated rings. The van der Waals surface area contributed by atoms with E-state index >= 15 is 0 Å². The van der Waals surface area contributed by atoms with Gasteiger partial charge in [0.15, 0.2) is 11.5 Å². The van der Waals surface area contributed by atoms with Crippen LogP contribution in [0.25, 0.3) is 0 Å².